The van der Waals surface area contributed by atoms with Crippen molar-refractivity contribution in [2.24, 2.45) is 0 Å². The van der Waals surface area contributed by atoms with Crippen molar-refractivity contribution in [1.29, 1.82) is 0 Å². The van der Waals surface area contributed by atoms with Crippen LogP contribution in [0.25, 0.3) is 11.6 Å². The Hall–Kier alpha value is -2.68. The number of nitrogens with one attached hydrogen (secondary N) is 1. The summed E-state index contributed by atoms with van der Waals surface area (Å²) in [5.41, 5.74) is 0.0118. The lowest BCUT2D eigenvalue weighted by molar-refractivity contribution is -0.384. The van der Waals surface area contributed by atoms with Gasteiger partial charge in [-0.2, -0.15) is 0 Å². The van der Waals surface area contributed by atoms with Crippen LogP contribution in [0.3, 0.4) is 0 Å². The van der Waals surface area contributed by atoms with Gasteiger partial charge in [0.05, 0.1) is 4.92 Å². The van der Waals surface area contributed by atoms with Gasteiger partial charge in [-0.05, 0) is 40.2 Å². The number of ether oxygens (including phenoxy) is 1. The molecule has 0 fully saturated rings. The first-order valence-electron chi connectivity index (χ1n) is 6.16. The Bertz CT molecular complexity index is 796. The Morgan fingerprint density at radius 2 is 2.05 bits per heavy atom. The minimum absolute atomic E-state index is 0.0118. The molecule has 1 N–H and O–H groups in total. The summed E-state index contributed by atoms with van der Waals surface area (Å²) in [4.78, 5) is 14.3. The molecule has 22 heavy (non-hydrogen) atoms. The molecule has 1 aromatic carbocycles. The van der Waals surface area contributed by atoms with Gasteiger partial charge in [0.2, 0.25) is 5.82 Å². The summed E-state index contributed by atoms with van der Waals surface area (Å²) in [6, 6.07) is 9.30. The molecule has 0 aliphatic carbocycles. The number of halogens is 1. The summed E-state index contributed by atoms with van der Waals surface area (Å²) >= 11 is 3.21. The molecule has 3 aromatic rings. The van der Waals surface area contributed by atoms with Crippen LogP contribution in [0, 0.1) is 10.1 Å². The summed E-state index contributed by atoms with van der Waals surface area (Å²) in [5, 5.41) is 17.3. The fourth-order valence-electron chi connectivity index (χ4n) is 1.72. The number of H-pyrrole nitrogens is 1. The fourth-order valence-corrected chi connectivity index (χ4v) is 2.03. The molecule has 9 heteroatoms. The van der Waals surface area contributed by atoms with Crippen molar-refractivity contribution in [3.8, 4) is 17.3 Å². The highest BCUT2D eigenvalue weighted by Crippen LogP contribution is 2.22. The summed E-state index contributed by atoms with van der Waals surface area (Å²) < 4.78 is 11.4. The molecule has 0 saturated heterocycles. The van der Waals surface area contributed by atoms with Crippen LogP contribution in [0.5, 0.6) is 5.75 Å². The first-order valence-corrected chi connectivity index (χ1v) is 6.95. The van der Waals surface area contributed by atoms with Gasteiger partial charge in [0, 0.05) is 12.1 Å². The largest absolute Gasteiger partial charge is 0.486 e. The maximum atomic E-state index is 10.6. The number of aromatic amines is 1. The Kier molecular flexibility index (Phi) is 3.88. The lowest BCUT2D eigenvalue weighted by atomic mass is 10.3. The Balaban J connectivity index is 1.64. The fraction of sp³-hybridized carbons (Fsp3) is 0.0769. The smallest absolute Gasteiger partial charge is 0.269 e. The van der Waals surface area contributed by atoms with Crippen molar-refractivity contribution in [1.82, 2.24) is 15.2 Å². The average Bonchev–Trinajstić information content (AvgIpc) is 3.14. The first-order chi connectivity index (χ1) is 10.6. The monoisotopic (exact) mass is 364 g/mol. The van der Waals surface area contributed by atoms with Crippen molar-refractivity contribution in [2.75, 3.05) is 0 Å². The molecule has 0 atom stereocenters. The topological polar surface area (TPSA) is 107 Å². The number of nitrogens with zero attached hydrogens (tertiary/aromatic N) is 3. The third-order valence-electron chi connectivity index (χ3n) is 2.75. The third kappa shape index (κ3) is 3.14. The zero-order chi connectivity index (χ0) is 15.5. The van der Waals surface area contributed by atoms with Gasteiger partial charge in [0.15, 0.2) is 16.3 Å². The molecule has 0 spiro atoms. The van der Waals surface area contributed by atoms with E-state index in [9.17, 15) is 10.1 Å². The second-order valence-electron chi connectivity index (χ2n) is 4.25. The second-order valence-corrected chi connectivity index (χ2v) is 5.03. The number of furan rings is 1. The van der Waals surface area contributed by atoms with Crippen LogP contribution in [0.4, 0.5) is 5.69 Å². The Morgan fingerprint density at radius 1 is 1.27 bits per heavy atom. The van der Waals surface area contributed by atoms with Crippen LogP contribution in [0.15, 0.2) is 45.5 Å². The van der Waals surface area contributed by atoms with E-state index in [1.54, 1.807) is 12.1 Å². The van der Waals surface area contributed by atoms with Crippen molar-refractivity contribution >= 4 is 21.6 Å². The van der Waals surface area contributed by atoms with Gasteiger partial charge < -0.3 is 9.15 Å². The molecule has 8 nitrogen and oxygen atoms in total. The minimum Gasteiger partial charge on any atom is -0.486 e. The highest BCUT2D eigenvalue weighted by Gasteiger charge is 2.10. The van der Waals surface area contributed by atoms with Gasteiger partial charge >= 0.3 is 0 Å². The molecule has 112 valence electrons. The van der Waals surface area contributed by atoms with Crippen molar-refractivity contribution < 1.29 is 14.1 Å². The number of aromatic nitrogens is 3. The van der Waals surface area contributed by atoms with Crippen molar-refractivity contribution in [3.63, 3.8) is 0 Å². The van der Waals surface area contributed by atoms with Gasteiger partial charge in [-0.15, -0.1) is 5.10 Å². The molecule has 0 bridgehead atoms. The highest BCUT2D eigenvalue weighted by molar-refractivity contribution is 9.10. The van der Waals surface area contributed by atoms with Gasteiger partial charge in [-0.3, -0.25) is 15.2 Å². The molecule has 0 aliphatic heterocycles. The number of hydrogen-bond donors (Lipinski definition) is 1. The van der Waals surface area contributed by atoms with Crippen molar-refractivity contribution in [3.05, 3.63) is 57.0 Å². The van der Waals surface area contributed by atoms with Gasteiger partial charge in [-0.1, -0.05) is 0 Å². The van der Waals surface area contributed by atoms with Gasteiger partial charge in [0.1, 0.15) is 12.4 Å². The predicted molar refractivity (Wildman–Crippen MR) is 79.2 cm³/mol. The van der Waals surface area contributed by atoms with E-state index in [0.29, 0.717) is 27.8 Å². The van der Waals surface area contributed by atoms with Gasteiger partial charge in [0.25, 0.3) is 5.69 Å². The van der Waals surface area contributed by atoms with Crippen LogP contribution in [0.1, 0.15) is 5.82 Å². The first kappa shape index (κ1) is 14.3. The van der Waals surface area contributed by atoms with E-state index >= 15 is 0 Å². The van der Waals surface area contributed by atoms with Crippen LogP contribution in [-0.2, 0) is 6.61 Å². The zero-order valence-electron chi connectivity index (χ0n) is 11.0. The van der Waals surface area contributed by atoms with Crippen molar-refractivity contribution in [2.45, 2.75) is 6.61 Å². The summed E-state index contributed by atoms with van der Waals surface area (Å²) in [6.07, 6.45) is 0. The van der Waals surface area contributed by atoms with Crippen LogP contribution < -0.4 is 4.74 Å². The van der Waals surface area contributed by atoms with E-state index in [4.69, 9.17) is 9.15 Å². The highest BCUT2D eigenvalue weighted by atomic mass is 79.9. The number of nitro groups is 1. The zero-order valence-corrected chi connectivity index (χ0v) is 12.6. The number of rotatable bonds is 5. The number of nitro benzene ring substituents is 1. The summed E-state index contributed by atoms with van der Waals surface area (Å²) in [5.74, 6) is 1.97. The maximum Gasteiger partial charge on any atom is 0.269 e. The Morgan fingerprint density at radius 3 is 2.68 bits per heavy atom. The summed E-state index contributed by atoms with van der Waals surface area (Å²) in [7, 11) is 0. The standard InChI is InChI=1S/C13H9BrN4O4/c14-11-6-5-10(22-11)13-15-12(16-17-13)7-21-9-3-1-8(2-4-9)18(19)20/h1-6H,7H2,(H,15,16,17). The lowest BCUT2D eigenvalue weighted by Crippen LogP contribution is -1.97. The quantitative estimate of drug-likeness (QED) is 0.549. The molecule has 0 aliphatic rings. The number of hydrogen-bond acceptors (Lipinski definition) is 6. The molecule has 0 unspecified atom stereocenters. The van der Waals surface area contributed by atoms with E-state index < -0.39 is 4.92 Å². The van der Waals surface area contributed by atoms with E-state index in [-0.39, 0.29) is 12.3 Å². The van der Waals surface area contributed by atoms with Crippen LogP contribution in [-0.4, -0.2) is 20.1 Å². The third-order valence-corrected chi connectivity index (χ3v) is 3.17. The van der Waals surface area contributed by atoms with E-state index in [2.05, 4.69) is 31.1 Å². The predicted octanol–water partition coefficient (Wildman–Crippen LogP) is 3.31. The van der Waals surface area contributed by atoms with E-state index in [1.165, 1.54) is 24.3 Å². The molecule has 2 aromatic heterocycles. The van der Waals surface area contributed by atoms with E-state index in [0.717, 1.165) is 0 Å². The molecule has 3 rings (SSSR count). The van der Waals surface area contributed by atoms with E-state index in [1.807, 2.05) is 0 Å². The average molecular weight is 365 g/mol. The maximum absolute atomic E-state index is 10.6. The molecular weight excluding hydrogens is 356 g/mol. The lowest BCUT2D eigenvalue weighted by Gasteiger charge is -2.02. The summed E-state index contributed by atoms with van der Waals surface area (Å²) in [6.45, 7) is 0.159. The Labute approximate surface area is 132 Å². The molecule has 0 radical (unpaired) electrons. The SMILES string of the molecule is O=[N+]([O-])c1ccc(OCc2nc(-c3ccc(Br)o3)n[nH]2)cc1. The molecule has 0 amide bonds. The number of benzene rings is 1. The molecule has 0 saturated carbocycles. The number of non-ortho nitro benzene ring substituents is 1. The normalized spacial score (nSPS) is 10.6. The van der Waals surface area contributed by atoms with Crippen LogP contribution >= 0.6 is 15.9 Å². The van der Waals surface area contributed by atoms with Crippen LogP contribution in [0.2, 0.25) is 0 Å². The second kappa shape index (κ2) is 5.98. The molecular formula is C13H9BrN4O4. The van der Waals surface area contributed by atoms with Gasteiger partial charge in [-0.25, -0.2) is 4.98 Å². The minimum atomic E-state index is -0.464. The molecule has 2 heterocycles.